The molecular weight excluding hydrogens is 426 g/mol. The number of hydrogen-bond acceptors (Lipinski definition) is 6. The zero-order valence-electron chi connectivity index (χ0n) is 18.3. The SMILES string of the molecule is COCCN1C(=O)c2ccc(C(=O)Nc3ccccc3C(=O)NCC3CCCO3)cc2C1=O. The van der Waals surface area contributed by atoms with Crippen LogP contribution in [0.2, 0.25) is 0 Å². The number of carbonyl (C=O) groups excluding carboxylic acids is 4. The minimum atomic E-state index is -0.493. The van der Waals surface area contributed by atoms with Crippen molar-refractivity contribution < 1.29 is 28.7 Å². The lowest BCUT2D eigenvalue weighted by molar-refractivity contribution is 0.0603. The summed E-state index contributed by atoms with van der Waals surface area (Å²) in [6.07, 6.45) is 1.89. The Hall–Kier alpha value is -3.56. The molecule has 0 aromatic heterocycles. The van der Waals surface area contributed by atoms with Crippen molar-refractivity contribution >= 4 is 29.3 Å². The lowest BCUT2D eigenvalue weighted by Gasteiger charge is -2.14. The van der Waals surface area contributed by atoms with Crippen molar-refractivity contribution in [3.8, 4) is 0 Å². The summed E-state index contributed by atoms with van der Waals surface area (Å²) in [6, 6.07) is 11.0. The molecule has 2 heterocycles. The molecule has 1 atom stereocenters. The smallest absolute Gasteiger partial charge is 0.261 e. The molecular formula is C24H25N3O6. The Labute approximate surface area is 191 Å². The van der Waals surface area contributed by atoms with Crippen LogP contribution in [0.1, 0.15) is 54.3 Å². The summed E-state index contributed by atoms with van der Waals surface area (Å²) in [5, 5.41) is 5.58. The molecule has 172 valence electrons. The molecule has 2 aliphatic heterocycles. The maximum absolute atomic E-state index is 12.9. The monoisotopic (exact) mass is 451 g/mol. The van der Waals surface area contributed by atoms with Crippen molar-refractivity contribution in [2.75, 3.05) is 38.7 Å². The lowest BCUT2D eigenvalue weighted by Crippen LogP contribution is -2.32. The highest BCUT2D eigenvalue weighted by atomic mass is 16.5. The first-order chi connectivity index (χ1) is 16.0. The van der Waals surface area contributed by atoms with Gasteiger partial charge in [-0.2, -0.15) is 0 Å². The van der Waals surface area contributed by atoms with Crippen LogP contribution < -0.4 is 10.6 Å². The molecule has 4 amide bonds. The van der Waals surface area contributed by atoms with E-state index in [2.05, 4.69) is 10.6 Å². The Kier molecular flexibility index (Phi) is 6.81. The first-order valence-electron chi connectivity index (χ1n) is 10.8. The van der Waals surface area contributed by atoms with Crippen molar-refractivity contribution in [3.63, 3.8) is 0 Å². The number of methoxy groups -OCH3 is 1. The second-order valence-electron chi connectivity index (χ2n) is 7.86. The van der Waals surface area contributed by atoms with Crippen LogP contribution in [-0.2, 0) is 9.47 Å². The molecule has 0 saturated carbocycles. The van der Waals surface area contributed by atoms with Crippen molar-refractivity contribution in [1.82, 2.24) is 10.2 Å². The van der Waals surface area contributed by atoms with E-state index in [1.807, 2.05) is 0 Å². The van der Waals surface area contributed by atoms with Crippen LogP contribution in [-0.4, -0.2) is 68.0 Å². The highest BCUT2D eigenvalue weighted by molar-refractivity contribution is 6.22. The molecule has 1 unspecified atom stereocenters. The van der Waals surface area contributed by atoms with E-state index in [0.29, 0.717) is 24.4 Å². The molecule has 0 aliphatic carbocycles. The van der Waals surface area contributed by atoms with Crippen LogP contribution in [0.3, 0.4) is 0 Å². The van der Waals surface area contributed by atoms with Crippen LogP contribution in [0.15, 0.2) is 42.5 Å². The molecule has 9 nitrogen and oxygen atoms in total. The van der Waals surface area contributed by atoms with Crippen LogP contribution in [0, 0.1) is 0 Å². The minimum Gasteiger partial charge on any atom is -0.383 e. The summed E-state index contributed by atoms with van der Waals surface area (Å²) >= 11 is 0. The highest BCUT2D eigenvalue weighted by Crippen LogP contribution is 2.25. The molecule has 1 saturated heterocycles. The van der Waals surface area contributed by atoms with Crippen LogP contribution in [0.5, 0.6) is 0 Å². The number of rotatable bonds is 8. The summed E-state index contributed by atoms with van der Waals surface area (Å²) in [4.78, 5) is 51.8. The van der Waals surface area contributed by atoms with Crippen molar-refractivity contribution in [2.45, 2.75) is 18.9 Å². The van der Waals surface area contributed by atoms with E-state index in [4.69, 9.17) is 9.47 Å². The number of hydrogen-bond donors (Lipinski definition) is 2. The van der Waals surface area contributed by atoms with Crippen molar-refractivity contribution in [3.05, 3.63) is 64.7 Å². The molecule has 2 aromatic carbocycles. The Morgan fingerprint density at radius 1 is 1.09 bits per heavy atom. The first-order valence-corrected chi connectivity index (χ1v) is 10.8. The fraction of sp³-hybridized carbons (Fsp3) is 0.333. The second kappa shape index (κ2) is 9.93. The molecule has 2 aromatic rings. The number of anilines is 1. The minimum absolute atomic E-state index is 0.00539. The third kappa shape index (κ3) is 4.79. The number of nitrogens with zero attached hydrogens (tertiary/aromatic N) is 1. The maximum atomic E-state index is 12.9. The number of carbonyl (C=O) groups is 4. The van der Waals surface area contributed by atoms with Crippen LogP contribution >= 0.6 is 0 Å². The first kappa shape index (κ1) is 22.6. The van der Waals surface area contributed by atoms with Gasteiger partial charge in [-0.25, -0.2) is 0 Å². The zero-order valence-corrected chi connectivity index (χ0v) is 18.3. The molecule has 9 heteroatoms. The molecule has 4 rings (SSSR count). The number of ether oxygens (including phenoxy) is 2. The van der Waals surface area contributed by atoms with E-state index in [0.717, 1.165) is 17.7 Å². The van der Waals surface area contributed by atoms with Gasteiger partial charge in [-0.15, -0.1) is 0 Å². The normalized spacial score (nSPS) is 17.2. The fourth-order valence-corrected chi connectivity index (χ4v) is 3.91. The zero-order chi connectivity index (χ0) is 23.4. The summed E-state index contributed by atoms with van der Waals surface area (Å²) < 4.78 is 10.5. The van der Waals surface area contributed by atoms with Gasteiger partial charge in [-0.1, -0.05) is 12.1 Å². The summed E-state index contributed by atoms with van der Waals surface area (Å²) in [5.41, 5.74) is 1.30. The molecule has 1 fully saturated rings. The predicted molar refractivity (Wildman–Crippen MR) is 119 cm³/mol. The fourth-order valence-electron chi connectivity index (χ4n) is 3.91. The number of para-hydroxylation sites is 1. The van der Waals surface area contributed by atoms with Gasteiger partial charge in [0.15, 0.2) is 0 Å². The van der Waals surface area contributed by atoms with E-state index in [9.17, 15) is 19.2 Å². The quantitative estimate of drug-likeness (QED) is 0.594. The third-order valence-electron chi connectivity index (χ3n) is 5.69. The van der Waals surface area contributed by atoms with Gasteiger partial charge in [-0.3, -0.25) is 24.1 Å². The van der Waals surface area contributed by atoms with Gasteiger partial charge in [0.25, 0.3) is 23.6 Å². The van der Waals surface area contributed by atoms with Crippen LogP contribution in [0.4, 0.5) is 5.69 Å². The van der Waals surface area contributed by atoms with E-state index < -0.39 is 17.7 Å². The van der Waals surface area contributed by atoms with E-state index in [1.54, 1.807) is 24.3 Å². The average Bonchev–Trinajstić information content (AvgIpc) is 3.43. The predicted octanol–water partition coefficient (Wildman–Crippen LogP) is 2.09. The van der Waals surface area contributed by atoms with Gasteiger partial charge in [0.2, 0.25) is 0 Å². The second-order valence-corrected chi connectivity index (χ2v) is 7.86. The third-order valence-corrected chi connectivity index (χ3v) is 5.69. The number of amides is 4. The Morgan fingerprint density at radius 3 is 2.64 bits per heavy atom. The summed E-state index contributed by atoms with van der Waals surface area (Å²) in [6.45, 7) is 1.47. The number of nitrogens with one attached hydrogen (secondary N) is 2. The molecule has 0 radical (unpaired) electrons. The van der Waals surface area contributed by atoms with Crippen LogP contribution in [0.25, 0.3) is 0 Å². The topological polar surface area (TPSA) is 114 Å². The number of benzene rings is 2. The largest absolute Gasteiger partial charge is 0.383 e. The standard InChI is InChI=1S/C24H25N3O6/c1-32-12-10-27-23(30)17-9-8-15(13-19(17)24(27)31)21(28)26-20-7-3-2-6-18(20)22(29)25-14-16-5-4-11-33-16/h2-3,6-9,13,16H,4-5,10-12,14H2,1H3,(H,25,29)(H,26,28). The van der Waals surface area contributed by atoms with Gasteiger partial charge in [0, 0.05) is 25.8 Å². The Balaban J connectivity index is 1.47. The number of fused-ring (bicyclic) bond motifs is 1. The molecule has 33 heavy (non-hydrogen) atoms. The van der Waals surface area contributed by atoms with Gasteiger partial charge in [-0.05, 0) is 43.2 Å². The van der Waals surface area contributed by atoms with Crippen molar-refractivity contribution in [1.29, 1.82) is 0 Å². The van der Waals surface area contributed by atoms with Gasteiger partial charge in [0.05, 0.1) is 41.6 Å². The maximum Gasteiger partial charge on any atom is 0.261 e. The van der Waals surface area contributed by atoms with Gasteiger partial charge in [0.1, 0.15) is 0 Å². The molecule has 0 spiro atoms. The van der Waals surface area contributed by atoms with E-state index in [-0.39, 0.29) is 41.9 Å². The average molecular weight is 451 g/mol. The Bertz CT molecular complexity index is 1090. The highest BCUT2D eigenvalue weighted by Gasteiger charge is 2.35. The lowest BCUT2D eigenvalue weighted by atomic mass is 10.0. The summed E-state index contributed by atoms with van der Waals surface area (Å²) in [5.74, 6) is -1.68. The number of imide groups is 1. The van der Waals surface area contributed by atoms with Crippen molar-refractivity contribution in [2.24, 2.45) is 0 Å². The van der Waals surface area contributed by atoms with Gasteiger partial charge >= 0.3 is 0 Å². The molecule has 0 bridgehead atoms. The van der Waals surface area contributed by atoms with E-state index in [1.165, 1.54) is 25.3 Å². The van der Waals surface area contributed by atoms with Gasteiger partial charge < -0.3 is 20.1 Å². The molecule has 2 N–H and O–H groups in total. The molecule has 2 aliphatic rings. The van der Waals surface area contributed by atoms with E-state index >= 15 is 0 Å². The summed E-state index contributed by atoms with van der Waals surface area (Å²) in [7, 11) is 1.49. The Morgan fingerprint density at radius 2 is 1.88 bits per heavy atom.